The molecule has 1 aliphatic rings. The first kappa shape index (κ1) is 13.2. The molecule has 0 saturated heterocycles. The lowest BCUT2D eigenvalue weighted by Gasteiger charge is -2.27. The van der Waals surface area contributed by atoms with Crippen LogP contribution in [0.5, 0.6) is 5.75 Å². The van der Waals surface area contributed by atoms with Crippen LogP contribution in [0.4, 0.5) is 0 Å². The Kier molecular flexibility index (Phi) is 4.48. The summed E-state index contributed by atoms with van der Waals surface area (Å²) in [6.45, 7) is 0. The van der Waals surface area contributed by atoms with Gasteiger partial charge in [-0.25, -0.2) is 0 Å². The van der Waals surface area contributed by atoms with Crippen molar-refractivity contribution in [1.29, 1.82) is 0 Å². The Bertz CT molecular complexity index is 427. The molecule has 1 aromatic carbocycles. The van der Waals surface area contributed by atoms with Crippen LogP contribution in [0, 0.1) is 0 Å². The van der Waals surface area contributed by atoms with Gasteiger partial charge in [-0.05, 0) is 55.9 Å². The summed E-state index contributed by atoms with van der Waals surface area (Å²) in [5.74, 6) is 0.0907. The Balaban J connectivity index is 2.00. The van der Waals surface area contributed by atoms with Gasteiger partial charge >= 0.3 is 5.97 Å². The summed E-state index contributed by atoms with van der Waals surface area (Å²) < 4.78 is 5.89. The van der Waals surface area contributed by atoms with Crippen molar-refractivity contribution in [3.8, 4) is 5.75 Å². The van der Waals surface area contributed by atoms with Gasteiger partial charge in [-0.3, -0.25) is 4.79 Å². The van der Waals surface area contributed by atoms with Gasteiger partial charge in [0, 0.05) is 11.4 Å². The smallest absolute Gasteiger partial charge is 0.303 e. The number of carboxylic acid groups (broad SMARTS) is 1. The normalized spacial score (nSPS) is 15.2. The fraction of sp³-hybridized carbons (Fsp3) is 0.500. The molecule has 0 aliphatic heterocycles. The number of rotatable bonds is 6. The van der Waals surface area contributed by atoms with Gasteiger partial charge in [0.1, 0.15) is 5.75 Å². The molecule has 1 N–H and O–H groups in total. The highest BCUT2D eigenvalue weighted by atomic mass is 35.5. The van der Waals surface area contributed by atoms with Gasteiger partial charge in [-0.1, -0.05) is 11.6 Å². The van der Waals surface area contributed by atoms with Crippen molar-refractivity contribution in [1.82, 2.24) is 0 Å². The Hall–Kier alpha value is -1.22. The molecule has 0 spiro atoms. The van der Waals surface area contributed by atoms with Crippen molar-refractivity contribution >= 4 is 17.6 Å². The highest BCUT2D eigenvalue weighted by Gasteiger charge is 2.20. The van der Waals surface area contributed by atoms with E-state index in [0.717, 1.165) is 24.2 Å². The Morgan fingerprint density at radius 3 is 2.83 bits per heavy atom. The molecule has 0 radical (unpaired) electrons. The van der Waals surface area contributed by atoms with E-state index in [0.29, 0.717) is 24.0 Å². The van der Waals surface area contributed by atoms with Crippen LogP contribution in [0.25, 0.3) is 0 Å². The Labute approximate surface area is 112 Å². The first-order chi connectivity index (χ1) is 8.65. The standard InChI is InChI=1S/C14H17ClO3/c15-11-7-8-13(18-12-4-2-5-12)10(9-11)3-1-6-14(16)17/h7-9,12H,1-6H2,(H,16,17). The molecule has 0 amide bonds. The van der Waals surface area contributed by atoms with Crippen molar-refractivity contribution in [3.63, 3.8) is 0 Å². The van der Waals surface area contributed by atoms with E-state index >= 15 is 0 Å². The van der Waals surface area contributed by atoms with Gasteiger partial charge in [0.2, 0.25) is 0 Å². The maximum Gasteiger partial charge on any atom is 0.303 e. The number of carbonyl (C=O) groups is 1. The highest BCUT2D eigenvalue weighted by Crippen LogP contribution is 2.30. The summed E-state index contributed by atoms with van der Waals surface area (Å²) in [7, 11) is 0. The van der Waals surface area contributed by atoms with Crippen molar-refractivity contribution in [2.24, 2.45) is 0 Å². The van der Waals surface area contributed by atoms with Crippen LogP contribution in [0.3, 0.4) is 0 Å². The van der Waals surface area contributed by atoms with Gasteiger partial charge in [0.15, 0.2) is 0 Å². The van der Waals surface area contributed by atoms with E-state index in [1.54, 1.807) is 0 Å². The minimum Gasteiger partial charge on any atom is -0.490 e. The molecule has 0 heterocycles. The second kappa shape index (κ2) is 6.10. The third-order valence-corrected chi connectivity index (χ3v) is 3.44. The zero-order chi connectivity index (χ0) is 13.0. The van der Waals surface area contributed by atoms with Gasteiger partial charge in [-0.15, -0.1) is 0 Å². The number of carboxylic acids is 1. The number of hydrogen-bond acceptors (Lipinski definition) is 2. The van der Waals surface area contributed by atoms with E-state index in [1.165, 1.54) is 6.42 Å². The van der Waals surface area contributed by atoms with Gasteiger partial charge < -0.3 is 9.84 Å². The fourth-order valence-electron chi connectivity index (χ4n) is 1.96. The van der Waals surface area contributed by atoms with Crippen LogP contribution in [-0.4, -0.2) is 17.2 Å². The first-order valence-electron chi connectivity index (χ1n) is 6.32. The van der Waals surface area contributed by atoms with Gasteiger partial charge in [0.05, 0.1) is 6.10 Å². The summed E-state index contributed by atoms with van der Waals surface area (Å²) in [5.41, 5.74) is 1.01. The molecule has 0 aromatic heterocycles. The number of benzene rings is 1. The quantitative estimate of drug-likeness (QED) is 0.856. The van der Waals surface area contributed by atoms with Crippen molar-refractivity contribution in [3.05, 3.63) is 28.8 Å². The average Bonchev–Trinajstić information content (AvgIpc) is 2.25. The molecule has 1 aromatic rings. The molecule has 1 aliphatic carbocycles. The summed E-state index contributed by atoms with van der Waals surface area (Å²) in [6, 6.07) is 5.57. The first-order valence-corrected chi connectivity index (χ1v) is 6.70. The molecule has 4 heteroatoms. The lowest BCUT2D eigenvalue weighted by molar-refractivity contribution is -0.137. The van der Waals surface area contributed by atoms with Gasteiger partial charge in [0.25, 0.3) is 0 Å². The zero-order valence-corrected chi connectivity index (χ0v) is 10.9. The summed E-state index contributed by atoms with van der Waals surface area (Å²) in [5, 5.41) is 9.32. The lowest BCUT2D eigenvalue weighted by atomic mass is 9.96. The second-order valence-corrected chi connectivity index (χ2v) is 5.11. The van der Waals surface area contributed by atoms with Crippen LogP contribution >= 0.6 is 11.6 Å². The van der Waals surface area contributed by atoms with E-state index in [2.05, 4.69) is 0 Å². The minimum absolute atomic E-state index is 0.176. The maximum absolute atomic E-state index is 10.5. The SMILES string of the molecule is O=C(O)CCCc1cc(Cl)ccc1OC1CCC1. The van der Waals surface area contributed by atoms with Gasteiger partial charge in [-0.2, -0.15) is 0 Å². The van der Waals surface area contributed by atoms with Crippen LogP contribution in [0.1, 0.15) is 37.7 Å². The van der Waals surface area contributed by atoms with E-state index in [1.807, 2.05) is 18.2 Å². The molecule has 1 saturated carbocycles. The molecule has 98 valence electrons. The third kappa shape index (κ3) is 3.64. The number of aryl methyl sites for hydroxylation is 1. The highest BCUT2D eigenvalue weighted by molar-refractivity contribution is 6.30. The molecule has 1 fully saturated rings. The van der Waals surface area contributed by atoms with Crippen molar-refractivity contribution < 1.29 is 14.6 Å². The van der Waals surface area contributed by atoms with E-state index in [9.17, 15) is 4.79 Å². The monoisotopic (exact) mass is 268 g/mol. The van der Waals surface area contributed by atoms with Crippen molar-refractivity contribution in [2.75, 3.05) is 0 Å². The molecule has 0 unspecified atom stereocenters. The zero-order valence-electron chi connectivity index (χ0n) is 10.2. The van der Waals surface area contributed by atoms with E-state index < -0.39 is 5.97 Å². The molecule has 18 heavy (non-hydrogen) atoms. The lowest BCUT2D eigenvalue weighted by Crippen LogP contribution is -2.25. The van der Waals surface area contributed by atoms with Crippen molar-refractivity contribution in [2.45, 2.75) is 44.6 Å². The summed E-state index contributed by atoms with van der Waals surface area (Å²) in [4.78, 5) is 10.5. The minimum atomic E-state index is -0.765. The van der Waals surface area contributed by atoms with Crippen LogP contribution in [-0.2, 0) is 11.2 Å². The summed E-state index contributed by atoms with van der Waals surface area (Å²) >= 11 is 5.97. The molecule has 3 nitrogen and oxygen atoms in total. The molecular formula is C14H17ClO3. The topological polar surface area (TPSA) is 46.5 Å². The predicted octanol–water partition coefficient (Wildman–Crippen LogP) is 3.68. The molecule has 0 bridgehead atoms. The number of hydrogen-bond donors (Lipinski definition) is 1. The second-order valence-electron chi connectivity index (χ2n) is 4.67. The fourth-order valence-corrected chi connectivity index (χ4v) is 2.15. The number of aliphatic carboxylic acids is 1. The molecular weight excluding hydrogens is 252 g/mol. The summed E-state index contributed by atoms with van der Waals surface area (Å²) in [6.07, 6.45) is 5.24. The van der Waals surface area contributed by atoms with Crippen LogP contribution in [0.15, 0.2) is 18.2 Å². The van der Waals surface area contributed by atoms with E-state index in [4.69, 9.17) is 21.4 Å². The number of ether oxygens (including phenoxy) is 1. The largest absolute Gasteiger partial charge is 0.490 e. The molecule has 2 rings (SSSR count). The predicted molar refractivity (Wildman–Crippen MR) is 70.3 cm³/mol. The Morgan fingerprint density at radius 1 is 1.44 bits per heavy atom. The average molecular weight is 269 g/mol. The van der Waals surface area contributed by atoms with Crippen LogP contribution < -0.4 is 4.74 Å². The van der Waals surface area contributed by atoms with Crippen LogP contribution in [0.2, 0.25) is 5.02 Å². The maximum atomic E-state index is 10.5. The number of halogens is 1. The third-order valence-electron chi connectivity index (χ3n) is 3.21. The van der Waals surface area contributed by atoms with E-state index in [-0.39, 0.29) is 6.42 Å². The Morgan fingerprint density at radius 2 is 2.22 bits per heavy atom. The molecule has 0 atom stereocenters.